The Morgan fingerprint density at radius 3 is 2.41 bits per heavy atom. The van der Waals surface area contributed by atoms with Crippen LogP contribution in [-0.2, 0) is 24.2 Å². The second-order valence-electron chi connectivity index (χ2n) is 7.04. The molecular formula is C23H30N2O2. The van der Waals surface area contributed by atoms with E-state index in [9.17, 15) is 4.79 Å². The fourth-order valence-corrected chi connectivity index (χ4v) is 3.61. The molecule has 144 valence electrons. The number of nitrogens with zero attached hydrogens (tertiary/aromatic N) is 1. The van der Waals surface area contributed by atoms with Gasteiger partial charge < -0.3 is 15.0 Å². The lowest BCUT2D eigenvalue weighted by molar-refractivity contribution is -0.123. The van der Waals surface area contributed by atoms with Gasteiger partial charge in [-0.25, -0.2) is 0 Å². The number of anilines is 1. The first kappa shape index (κ1) is 19.3. The lowest BCUT2D eigenvalue weighted by atomic mass is 9.92. The fourth-order valence-electron chi connectivity index (χ4n) is 3.61. The number of carbonyl (C=O) groups is 1. The molecule has 4 heteroatoms. The van der Waals surface area contributed by atoms with Gasteiger partial charge in [-0.05, 0) is 80.5 Å². The normalized spacial score (nSPS) is 13.0. The van der Waals surface area contributed by atoms with Crippen LogP contribution in [0.3, 0.4) is 0 Å². The Morgan fingerprint density at radius 2 is 1.70 bits per heavy atom. The van der Waals surface area contributed by atoms with E-state index in [-0.39, 0.29) is 12.5 Å². The van der Waals surface area contributed by atoms with Gasteiger partial charge in [0.1, 0.15) is 5.75 Å². The van der Waals surface area contributed by atoms with E-state index in [4.69, 9.17) is 4.74 Å². The van der Waals surface area contributed by atoms with Crippen molar-refractivity contribution in [1.82, 2.24) is 5.32 Å². The summed E-state index contributed by atoms with van der Waals surface area (Å²) >= 11 is 0. The summed E-state index contributed by atoms with van der Waals surface area (Å²) in [5.41, 5.74) is 5.09. The highest BCUT2D eigenvalue weighted by molar-refractivity contribution is 5.77. The molecule has 0 spiro atoms. The summed E-state index contributed by atoms with van der Waals surface area (Å²) in [5.74, 6) is 0.690. The molecule has 0 fully saturated rings. The molecule has 0 aliphatic heterocycles. The van der Waals surface area contributed by atoms with Crippen LogP contribution in [-0.4, -0.2) is 25.6 Å². The molecule has 0 heterocycles. The Morgan fingerprint density at radius 1 is 1.00 bits per heavy atom. The molecule has 27 heavy (non-hydrogen) atoms. The zero-order chi connectivity index (χ0) is 19.1. The minimum Gasteiger partial charge on any atom is -0.484 e. The SMILES string of the molecule is CCN(CC)c1ccc(CNC(=O)COc2ccc3c(c2)CCCC3)cc1. The van der Waals surface area contributed by atoms with Gasteiger partial charge in [0.15, 0.2) is 6.61 Å². The van der Waals surface area contributed by atoms with Gasteiger partial charge in [-0.15, -0.1) is 0 Å². The van der Waals surface area contributed by atoms with Crippen LogP contribution in [0.25, 0.3) is 0 Å². The van der Waals surface area contributed by atoms with Crippen molar-refractivity contribution in [2.45, 2.75) is 46.1 Å². The highest BCUT2D eigenvalue weighted by atomic mass is 16.5. The van der Waals surface area contributed by atoms with Crippen molar-refractivity contribution in [3.63, 3.8) is 0 Å². The third-order valence-electron chi connectivity index (χ3n) is 5.24. The molecule has 0 aromatic heterocycles. The van der Waals surface area contributed by atoms with Crippen LogP contribution in [0.1, 0.15) is 43.4 Å². The number of benzene rings is 2. The third-order valence-corrected chi connectivity index (χ3v) is 5.24. The Balaban J connectivity index is 1.46. The van der Waals surface area contributed by atoms with Gasteiger partial charge in [-0.2, -0.15) is 0 Å². The highest BCUT2D eigenvalue weighted by Gasteiger charge is 2.11. The van der Waals surface area contributed by atoms with Crippen LogP contribution in [0.4, 0.5) is 5.69 Å². The summed E-state index contributed by atoms with van der Waals surface area (Å²) in [6.45, 7) is 6.86. The monoisotopic (exact) mass is 366 g/mol. The predicted octanol–water partition coefficient (Wildman–Crippen LogP) is 4.11. The molecule has 0 bridgehead atoms. The molecule has 1 aliphatic rings. The van der Waals surface area contributed by atoms with E-state index >= 15 is 0 Å². The summed E-state index contributed by atoms with van der Waals surface area (Å²) in [6.07, 6.45) is 4.78. The molecule has 0 saturated carbocycles. The predicted molar refractivity (Wildman–Crippen MR) is 110 cm³/mol. The van der Waals surface area contributed by atoms with Crippen LogP contribution in [0.2, 0.25) is 0 Å². The molecule has 1 amide bonds. The average molecular weight is 367 g/mol. The van der Waals surface area contributed by atoms with Gasteiger partial charge in [0, 0.05) is 25.3 Å². The number of amides is 1. The van der Waals surface area contributed by atoms with Crippen molar-refractivity contribution < 1.29 is 9.53 Å². The number of rotatable bonds is 8. The quantitative estimate of drug-likeness (QED) is 0.764. The van der Waals surface area contributed by atoms with E-state index < -0.39 is 0 Å². The summed E-state index contributed by atoms with van der Waals surface area (Å²) in [6, 6.07) is 14.6. The average Bonchev–Trinajstić information content (AvgIpc) is 2.72. The molecule has 3 rings (SSSR count). The summed E-state index contributed by atoms with van der Waals surface area (Å²) in [5, 5.41) is 2.93. The first-order chi connectivity index (χ1) is 13.2. The van der Waals surface area contributed by atoms with Crippen LogP contribution in [0.5, 0.6) is 5.75 Å². The Bertz CT molecular complexity index is 751. The van der Waals surface area contributed by atoms with Crippen LogP contribution >= 0.6 is 0 Å². The fraction of sp³-hybridized carbons (Fsp3) is 0.435. The summed E-state index contributed by atoms with van der Waals surface area (Å²) in [4.78, 5) is 14.4. The summed E-state index contributed by atoms with van der Waals surface area (Å²) < 4.78 is 5.68. The molecule has 1 aliphatic carbocycles. The van der Waals surface area contributed by atoms with Gasteiger partial charge in [0.2, 0.25) is 0 Å². The maximum absolute atomic E-state index is 12.1. The molecule has 0 saturated heterocycles. The Kier molecular flexibility index (Phi) is 6.74. The van der Waals surface area contributed by atoms with Crippen molar-refractivity contribution in [3.8, 4) is 5.75 Å². The molecular weight excluding hydrogens is 336 g/mol. The van der Waals surface area contributed by atoms with Crippen molar-refractivity contribution in [2.24, 2.45) is 0 Å². The summed E-state index contributed by atoms with van der Waals surface area (Å²) in [7, 11) is 0. The second kappa shape index (κ2) is 9.45. The minimum absolute atomic E-state index is 0.0519. The lowest BCUT2D eigenvalue weighted by Gasteiger charge is -2.21. The van der Waals surface area contributed by atoms with Crippen molar-refractivity contribution >= 4 is 11.6 Å². The number of hydrogen-bond donors (Lipinski definition) is 1. The van der Waals surface area contributed by atoms with Gasteiger partial charge in [-0.1, -0.05) is 18.2 Å². The molecule has 2 aromatic rings. The van der Waals surface area contributed by atoms with Crippen LogP contribution < -0.4 is 15.0 Å². The first-order valence-electron chi connectivity index (χ1n) is 10.0. The van der Waals surface area contributed by atoms with E-state index in [1.807, 2.05) is 6.07 Å². The number of nitrogens with one attached hydrogen (secondary N) is 1. The molecule has 1 N–H and O–H groups in total. The largest absolute Gasteiger partial charge is 0.484 e. The van der Waals surface area contributed by atoms with E-state index in [0.29, 0.717) is 6.54 Å². The minimum atomic E-state index is -0.0967. The molecule has 0 atom stereocenters. The Hall–Kier alpha value is -2.49. The zero-order valence-corrected chi connectivity index (χ0v) is 16.5. The Labute approximate surface area is 162 Å². The van der Waals surface area contributed by atoms with E-state index in [2.05, 4.69) is 60.5 Å². The van der Waals surface area contributed by atoms with Gasteiger partial charge >= 0.3 is 0 Å². The maximum Gasteiger partial charge on any atom is 0.258 e. The standard InChI is InChI=1S/C23H30N2O2/c1-3-25(4-2)21-12-9-18(10-13-21)16-24-23(26)17-27-22-14-11-19-7-5-6-8-20(19)15-22/h9-15H,3-8,16-17H2,1-2H3,(H,24,26). The number of ether oxygens (including phenoxy) is 1. The molecule has 0 radical (unpaired) electrons. The highest BCUT2D eigenvalue weighted by Crippen LogP contribution is 2.25. The number of carbonyl (C=O) groups excluding carboxylic acids is 1. The molecule has 0 unspecified atom stereocenters. The van der Waals surface area contributed by atoms with Gasteiger partial charge in [0.05, 0.1) is 0 Å². The first-order valence-corrected chi connectivity index (χ1v) is 10.0. The van der Waals surface area contributed by atoms with Crippen LogP contribution in [0.15, 0.2) is 42.5 Å². The van der Waals surface area contributed by atoms with Crippen molar-refractivity contribution in [2.75, 3.05) is 24.6 Å². The number of aryl methyl sites for hydroxylation is 2. The van der Waals surface area contributed by atoms with E-state index in [0.717, 1.165) is 37.2 Å². The zero-order valence-electron chi connectivity index (χ0n) is 16.5. The molecule has 4 nitrogen and oxygen atoms in total. The van der Waals surface area contributed by atoms with Crippen LogP contribution in [0, 0.1) is 0 Å². The third kappa shape index (κ3) is 5.25. The smallest absolute Gasteiger partial charge is 0.258 e. The van der Waals surface area contributed by atoms with Gasteiger partial charge in [-0.3, -0.25) is 4.79 Å². The van der Waals surface area contributed by atoms with Gasteiger partial charge in [0.25, 0.3) is 5.91 Å². The second-order valence-corrected chi connectivity index (χ2v) is 7.04. The maximum atomic E-state index is 12.1. The van der Waals surface area contributed by atoms with Crippen molar-refractivity contribution in [3.05, 3.63) is 59.2 Å². The number of fused-ring (bicyclic) bond motifs is 1. The lowest BCUT2D eigenvalue weighted by Crippen LogP contribution is -2.28. The van der Waals surface area contributed by atoms with E-state index in [1.54, 1.807) is 0 Å². The van der Waals surface area contributed by atoms with E-state index in [1.165, 1.54) is 29.7 Å². The van der Waals surface area contributed by atoms with Crippen molar-refractivity contribution in [1.29, 1.82) is 0 Å². The molecule has 2 aromatic carbocycles. The number of hydrogen-bond acceptors (Lipinski definition) is 3. The topological polar surface area (TPSA) is 41.6 Å².